The first-order valence-electron chi connectivity index (χ1n) is 16.7. The smallest absolute Gasteiger partial charge is 0.343 e. The van der Waals surface area contributed by atoms with E-state index in [2.05, 4.69) is 13.2 Å². The molecule has 0 heterocycles. The highest BCUT2D eigenvalue weighted by atomic mass is 16.5. The van der Waals surface area contributed by atoms with Crippen molar-refractivity contribution in [2.24, 2.45) is 0 Å². The summed E-state index contributed by atoms with van der Waals surface area (Å²) >= 11 is 0. The molecule has 3 aromatic rings. The molecular formula is C40H44O10. The second-order valence-corrected chi connectivity index (χ2v) is 11.3. The van der Waals surface area contributed by atoms with E-state index in [1.807, 2.05) is 0 Å². The lowest BCUT2D eigenvalue weighted by Crippen LogP contribution is -2.10. The number of ketones is 1. The maximum Gasteiger partial charge on any atom is 0.343 e. The molecule has 0 N–H and O–H groups in total. The quantitative estimate of drug-likeness (QED) is 0.0234. The van der Waals surface area contributed by atoms with Crippen molar-refractivity contribution in [3.05, 3.63) is 114 Å². The fourth-order valence-electron chi connectivity index (χ4n) is 4.72. The first kappa shape index (κ1) is 38.9. The van der Waals surface area contributed by atoms with Crippen LogP contribution in [-0.4, -0.2) is 56.4 Å². The molecule has 0 fully saturated rings. The SMILES string of the molecule is C=CC(=O)OCCCCCCOc1ccc(C(=O)Cc2ccc(OC(=O)c3ccc(OCCCCCCOC(=O)C=C)cc3)c(C=O)c2)cc1. The minimum atomic E-state index is -0.630. The lowest BCUT2D eigenvalue weighted by atomic mass is 10.0. The van der Waals surface area contributed by atoms with Gasteiger partial charge in [0, 0.05) is 24.1 Å². The molecule has 3 aromatic carbocycles. The highest BCUT2D eigenvalue weighted by Crippen LogP contribution is 2.23. The number of benzene rings is 3. The van der Waals surface area contributed by atoms with Gasteiger partial charge in [0.1, 0.15) is 17.2 Å². The second-order valence-electron chi connectivity index (χ2n) is 11.3. The number of ether oxygens (including phenoxy) is 5. The molecule has 0 saturated carbocycles. The van der Waals surface area contributed by atoms with E-state index in [4.69, 9.17) is 23.7 Å². The zero-order valence-corrected chi connectivity index (χ0v) is 28.3. The summed E-state index contributed by atoms with van der Waals surface area (Å²) in [7, 11) is 0. The lowest BCUT2D eigenvalue weighted by Gasteiger charge is -2.10. The largest absolute Gasteiger partial charge is 0.494 e. The summed E-state index contributed by atoms with van der Waals surface area (Å²) in [5.74, 6) is -0.225. The van der Waals surface area contributed by atoms with Gasteiger partial charge in [0.25, 0.3) is 0 Å². The topological polar surface area (TPSA) is 132 Å². The molecule has 264 valence electrons. The lowest BCUT2D eigenvalue weighted by molar-refractivity contribution is -0.138. The molecule has 0 unspecified atom stereocenters. The van der Waals surface area contributed by atoms with Crippen molar-refractivity contribution in [1.29, 1.82) is 0 Å². The molecule has 10 heteroatoms. The van der Waals surface area contributed by atoms with Crippen LogP contribution in [0, 0.1) is 0 Å². The number of hydrogen-bond donors (Lipinski definition) is 0. The van der Waals surface area contributed by atoms with Crippen molar-refractivity contribution < 1.29 is 47.7 Å². The Bertz CT molecular complexity index is 1570. The molecule has 0 spiro atoms. The number of esters is 3. The van der Waals surface area contributed by atoms with Crippen LogP contribution in [0.25, 0.3) is 0 Å². The maximum absolute atomic E-state index is 12.9. The number of rotatable bonds is 24. The Morgan fingerprint density at radius 3 is 1.54 bits per heavy atom. The van der Waals surface area contributed by atoms with Crippen LogP contribution >= 0.6 is 0 Å². The molecule has 0 aromatic heterocycles. The van der Waals surface area contributed by atoms with Crippen molar-refractivity contribution >= 4 is 30.0 Å². The summed E-state index contributed by atoms with van der Waals surface area (Å²) in [6.07, 6.45) is 9.88. The molecule has 10 nitrogen and oxygen atoms in total. The summed E-state index contributed by atoms with van der Waals surface area (Å²) in [5.41, 5.74) is 1.56. The van der Waals surface area contributed by atoms with Gasteiger partial charge in [0.15, 0.2) is 12.1 Å². The average Bonchev–Trinajstić information content (AvgIpc) is 3.14. The van der Waals surface area contributed by atoms with Crippen molar-refractivity contribution in [3.8, 4) is 17.2 Å². The highest BCUT2D eigenvalue weighted by Gasteiger charge is 2.15. The molecule has 0 aliphatic rings. The van der Waals surface area contributed by atoms with Gasteiger partial charge in [-0.15, -0.1) is 0 Å². The zero-order valence-electron chi connectivity index (χ0n) is 28.3. The third-order valence-electron chi connectivity index (χ3n) is 7.47. The summed E-state index contributed by atoms with van der Waals surface area (Å²) in [6, 6.07) is 18.1. The molecule has 0 saturated heterocycles. The van der Waals surface area contributed by atoms with Crippen LogP contribution in [0.1, 0.15) is 88.0 Å². The molecule has 50 heavy (non-hydrogen) atoms. The number of carbonyl (C=O) groups excluding carboxylic acids is 5. The number of hydrogen-bond acceptors (Lipinski definition) is 10. The van der Waals surface area contributed by atoms with E-state index >= 15 is 0 Å². The van der Waals surface area contributed by atoms with E-state index in [0.29, 0.717) is 60.9 Å². The first-order chi connectivity index (χ1) is 24.3. The van der Waals surface area contributed by atoms with Crippen molar-refractivity contribution in [2.45, 2.75) is 57.8 Å². The van der Waals surface area contributed by atoms with E-state index < -0.39 is 17.9 Å². The highest BCUT2D eigenvalue weighted by molar-refractivity contribution is 5.98. The normalized spacial score (nSPS) is 10.4. The third-order valence-corrected chi connectivity index (χ3v) is 7.47. The van der Waals surface area contributed by atoms with E-state index in [0.717, 1.165) is 63.5 Å². The van der Waals surface area contributed by atoms with E-state index in [1.54, 1.807) is 60.7 Å². The Morgan fingerprint density at radius 1 is 0.580 bits per heavy atom. The van der Waals surface area contributed by atoms with Crippen molar-refractivity contribution in [3.63, 3.8) is 0 Å². The number of Topliss-reactive ketones (excluding diaryl/α,β-unsaturated/α-hetero) is 1. The molecule has 0 aliphatic heterocycles. The number of carbonyl (C=O) groups is 5. The Morgan fingerprint density at radius 2 is 1.06 bits per heavy atom. The fraction of sp³-hybridized carbons (Fsp3) is 0.325. The minimum absolute atomic E-state index is 0.0595. The number of unbranched alkanes of at least 4 members (excludes halogenated alkanes) is 6. The molecule has 3 rings (SSSR count). The van der Waals surface area contributed by atoms with Crippen LogP contribution in [0.3, 0.4) is 0 Å². The predicted octanol–water partition coefficient (Wildman–Crippen LogP) is 7.48. The van der Waals surface area contributed by atoms with Gasteiger partial charge < -0.3 is 23.7 Å². The van der Waals surface area contributed by atoms with Crippen molar-refractivity contribution in [2.75, 3.05) is 26.4 Å². The Hall–Kier alpha value is -5.51. The van der Waals surface area contributed by atoms with Gasteiger partial charge in [-0.25, -0.2) is 14.4 Å². The standard InChI is InChI=1S/C40H44O10/c1-3-38(43)48-25-11-7-5-9-23-46-34-18-14-31(15-19-34)36(42)28-30-13-22-37(33(27-30)29-41)50-40(45)32-16-20-35(21-17-32)47-24-10-6-8-12-26-49-39(44)4-2/h3-4,13-22,27,29H,1-2,5-12,23-26,28H2. The van der Waals surface area contributed by atoms with Crippen LogP contribution in [0.15, 0.2) is 92.0 Å². The average molecular weight is 685 g/mol. The van der Waals surface area contributed by atoms with Crippen LogP contribution in [0.5, 0.6) is 17.2 Å². The van der Waals surface area contributed by atoms with Gasteiger partial charge in [-0.05, 0) is 118 Å². The number of aldehydes is 1. The fourth-order valence-corrected chi connectivity index (χ4v) is 4.72. The van der Waals surface area contributed by atoms with Gasteiger partial charge in [0.05, 0.1) is 37.6 Å². The molecule has 0 atom stereocenters. The molecule has 0 aliphatic carbocycles. The molecule has 0 amide bonds. The second kappa shape index (κ2) is 22.2. The summed E-state index contributed by atoms with van der Waals surface area (Å²) in [6.45, 7) is 8.51. The maximum atomic E-state index is 12.9. The molecule has 0 bridgehead atoms. The molecule has 0 radical (unpaired) electrons. The van der Waals surface area contributed by atoms with Crippen LogP contribution in [0.2, 0.25) is 0 Å². The Balaban J connectivity index is 1.39. The predicted molar refractivity (Wildman–Crippen MR) is 188 cm³/mol. The summed E-state index contributed by atoms with van der Waals surface area (Å²) in [5, 5.41) is 0. The zero-order chi connectivity index (χ0) is 36.0. The summed E-state index contributed by atoms with van der Waals surface area (Å²) < 4.78 is 26.9. The van der Waals surface area contributed by atoms with E-state index in [-0.39, 0.29) is 23.5 Å². The van der Waals surface area contributed by atoms with Gasteiger partial charge >= 0.3 is 17.9 Å². The van der Waals surface area contributed by atoms with E-state index in [9.17, 15) is 24.0 Å². The Kier molecular flexibility index (Phi) is 17.3. The van der Waals surface area contributed by atoms with Gasteiger partial charge in [-0.1, -0.05) is 19.2 Å². The van der Waals surface area contributed by atoms with Crippen LogP contribution in [0.4, 0.5) is 0 Å². The van der Waals surface area contributed by atoms with E-state index in [1.165, 1.54) is 6.07 Å². The monoisotopic (exact) mass is 684 g/mol. The van der Waals surface area contributed by atoms with Gasteiger partial charge in [0.2, 0.25) is 0 Å². The van der Waals surface area contributed by atoms with Crippen LogP contribution < -0.4 is 14.2 Å². The van der Waals surface area contributed by atoms with Crippen LogP contribution in [-0.2, 0) is 25.5 Å². The molecular weight excluding hydrogens is 640 g/mol. The minimum Gasteiger partial charge on any atom is -0.494 e. The third kappa shape index (κ3) is 14.3. The first-order valence-corrected chi connectivity index (χ1v) is 16.7. The van der Waals surface area contributed by atoms with Gasteiger partial charge in [-0.2, -0.15) is 0 Å². The van der Waals surface area contributed by atoms with Crippen molar-refractivity contribution in [1.82, 2.24) is 0 Å². The summed E-state index contributed by atoms with van der Waals surface area (Å²) in [4.78, 5) is 59.6. The Labute approximate surface area is 293 Å². The van der Waals surface area contributed by atoms with Gasteiger partial charge in [-0.3, -0.25) is 9.59 Å².